The van der Waals surface area contributed by atoms with Gasteiger partial charge in [-0.25, -0.2) is 0 Å². The van der Waals surface area contributed by atoms with E-state index >= 15 is 0 Å². The fraction of sp³-hybridized carbons (Fsp3) is 0.846. The minimum atomic E-state index is 0.766. The monoisotopic (exact) mass is 213 g/mol. The summed E-state index contributed by atoms with van der Waals surface area (Å²) >= 11 is 0. The number of likely N-dealkylation sites (tertiary alicyclic amines) is 1. The minimum Gasteiger partial charge on any atom is -0.378 e. The zero-order valence-electron chi connectivity index (χ0n) is 10.7. The van der Waals surface area contributed by atoms with E-state index in [0.29, 0.717) is 0 Å². The fourth-order valence-corrected chi connectivity index (χ4v) is 1.83. The summed E-state index contributed by atoms with van der Waals surface area (Å²) in [6, 6.07) is 0.766. The number of nitrogens with zero attached hydrogens (tertiary/aromatic N) is 1. The highest BCUT2D eigenvalue weighted by Gasteiger charge is 2.28. The van der Waals surface area contributed by atoms with Gasteiger partial charge in [0.1, 0.15) is 0 Å². The molecule has 0 aliphatic carbocycles. The van der Waals surface area contributed by atoms with E-state index in [1.807, 2.05) is 13.8 Å². The Kier molecular flexibility index (Phi) is 8.73. The van der Waals surface area contributed by atoms with Crippen LogP contribution in [0.5, 0.6) is 0 Å². The number of hydrogen-bond donors (Lipinski definition) is 0. The Hall–Kier alpha value is -0.340. The zero-order chi connectivity index (χ0) is 11.7. The minimum absolute atomic E-state index is 0.766. The van der Waals surface area contributed by atoms with E-state index in [1.165, 1.54) is 25.9 Å². The highest BCUT2D eigenvalue weighted by atomic mass is 16.5. The summed E-state index contributed by atoms with van der Waals surface area (Å²) in [5.74, 6) is 0.951. The van der Waals surface area contributed by atoms with Crippen LogP contribution in [0.4, 0.5) is 0 Å². The van der Waals surface area contributed by atoms with Crippen molar-refractivity contribution in [1.29, 1.82) is 0 Å². The van der Waals surface area contributed by atoms with Crippen molar-refractivity contribution in [2.24, 2.45) is 5.92 Å². The number of rotatable bonds is 1. The Morgan fingerprint density at radius 3 is 1.87 bits per heavy atom. The molecule has 90 valence electrons. The largest absolute Gasteiger partial charge is 0.378 e. The fourth-order valence-electron chi connectivity index (χ4n) is 1.83. The van der Waals surface area contributed by atoms with Crippen LogP contribution in [0.3, 0.4) is 0 Å². The van der Waals surface area contributed by atoms with Gasteiger partial charge in [-0.2, -0.15) is 0 Å². The molecular formula is C13H27NO. The number of ether oxygens (including phenoxy) is 1. The van der Waals surface area contributed by atoms with E-state index in [9.17, 15) is 0 Å². The van der Waals surface area contributed by atoms with Crippen molar-refractivity contribution >= 4 is 0 Å². The maximum Gasteiger partial charge on any atom is 0.0645 e. The highest BCUT2D eigenvalue weighted by Crippen LogP contribution is 2.20. The third-order valence-electron chi connectivity index (χ3n) is 2.96. The standard InChI is InChI=1S/C9H17NO.C2H6.C2H4/c1-8-2-4-10(5-3-8)9-6-11-7-9;2*1-2/h8-9H,2-7H2,1H3;1-2H3;1-2H2. The van der Waals surface area contributed by atoms with Gasteiger partial charge in [-0.15, -0.1) is 13.2 Å². The van der Waals surface area contributed by atoms with Crippen LogP contribution in [0.1, 0.15) is 33.6 Å². The molecule has 0 aromatic heterocycles. The van der Waals surface area contributed by atoms with Crippen LogP contribution >= 0.6 is 0 Å². The van der Waals surface area contributed by atoms with Gasteiger partial charge in [-0.3, -0.25) is 4.90 Å². The van der Waals surface area contributed by atoms with Crippen molar-refractivity contribution in [1.82, 2.24) is 4.90 Å². The second kappa shape index (κ2) is 8.93. The first-order valence-electron chi connectivity index (χ1n) is 6.18. The summed E-state index contributed by atoms with van der Waals surface area (Å²) in [6.45, 7) is 16.9. The quantitative estimate of drug-likeness (QED) is 0.621. The molecule has 2 aliphatic heterocycles. The molecule has 2 nitrogen and oxygen atoms in total. The van der Waals surface area contributed by atoms with Gasteiger partial charge in [-0.1, -0.05) is 20.8 Å². The maximum absolute atomic E-state index is 5.17. The van der Waals surface area contributed by atoms with Crippen LogP contribution in [0.25, 0.3) is 0 Å². The van der Waals surface area contributed by atoms with Crippen molar-refractivity contribution in [2.45, 2.75) is 39.7 Å². The molecule has 2 rings (SSSR count). The summed E-state index contributed by atoms with van der Waals surface area (Å²) in [5.41, 5.74) is 0. The molecule has 2 saturated heterocycles. The predicted molar refractivity (Wildman–Crippen MR) is 67.2 cm³/mol. The van der Waals surface area contributed by atoms with E-state index in [1.54, 1.807) is 0 Å². The Morgan fingerprint density at radius 1 is 1.07 bits per heavy atom. The van der Waals surface area contributed by atoms with Gasteiger partial charge < -0.3 is 4.74 Å². The second-order valence-electron chi connectivity index (χ2n) is 3.91. The number of hydrogen-bond acceptors (Lipinski definition) is 2. The summed E-state index contributed by atoms with van der Waals surface area (Å²) in [4.78, 5) is 2.59. The third-order valence-corrected chi connectivity index (χ3v) is 2.96. The second-order valence-corrected chi connectivity index (χ2v) is 3.91. The summed E-state index contributed by atoms with van der Waals surface area (Å²) in [5, 5.41) is 0. The summed E-state index contributed by atoms with van der Waals surface area (Å²) in [6.07, 6.45) is 2.77. The Balaban J connectivity index is 0.000000442. The van der Waals surface area contributed by atoms with Crippen molar-refractivity contribution < 1.29 is 4.74 Å². The van der Waals surface area contributed by atoms with Crippen molar-refractivity contribution in [3.05, 3.63) is 13.2 Å². The molecule has 0 radical (unpaired) electrons. The summed E-state index contributed by atoms with van der Waals surface area (Å²) < 4.78 is 5.17. The third kappa shape index (κ3) is 4.80. The predicted octanol–water partition coefficient (Wildman–Crippen LogP) is 2.95. The van der Waals surface area contributed by atoms with Gasteiger partial charge in [0.05, 0.1) is 19.3 Å². The molecule has 2 fully saturated rings. The molecule has 0 N–H and O–H groups in total. The lowest BCUT2D eigenvalue weighted by molar-refractivity contribution is -0.0731. The molecule has 2 aliphatic rings. The van der Waals surface area contributed by atoms with Gasteiger partial charge in [0.25, 0.3) is 0 Å². The van der Waals surface area contributed by atoms with Gasteiger partial charge in [0, 0.05) is 0 Å². The first-order chi connectivity index (χ1) is 7.36. The Morgan fingerprint density at radius 2 is 1.53 bits per heavy atom. The Labute approximate surface area is 95.3 Å². The topological polar surface area (TPSA) is 12.5 Å². The van der Waals surface area contributed by atoms with Crippen LogP contribution in [0, 0.1) is 5.92 Å². The molecule has 0 saturated carbocycles. The van der Waals surface area contributed by atoms with Crippen LogP contribution in [-0.2, 0) is 4.74 Å². The van der Waals surface area contributed by atoms with Crippen LogP contribution < -0.4 is 0 Å². The molecule has 0 unspecified atom stereocenters. The van der Waals surface area contributed by atoms with Crippen LogP contribution in [-0.4, -0.2) is 37.2 Å². The molecule has 15 heavy (non-hydrogen) atoms. The first-order valence-corrected chi connectivity index (χ1v) is 6.18. The lowest BCUT2D eigenvalue weighted by Crippen LogP contribution is -2.51. The van der Waals surface area contributed by atoms with E-state index in [0.717, 1.165) is 25.2 Å². The van der Waals surface area contributed by atoms with Gasteiger partial charge in [0.15, 0.2) is 0 Å². The van der Waals surface area contributed by atoms with E-state index < -0.39 is 0 Å². The molecule has 0 amide bonds. The van der Waals surface area contributed by atoms with Crippen LogP contribution in [0.2, 0.25) is 0 Å². The van der Waals surface area contributed by atoms with Crippen molar-refractivity contribution in [2.75, 3.05) is 26.3 Å². The van der Waals surface area contributed by atoms with E-state index in [-0.39, 0.29) is 0 Å². The van der Waals surface area contributed by atoms with Crippen molar-refractivity contribution in [3.8, 4) is 0 Å². The van der Waals surface area contributed by atoms with E-state index in [2.05, 4.69) is 25.0 Å². The van der Waals surface area contributed by atoms with Gasteiger partial charge in [0.2, 0.25) is 0 Å². The molecule has 2 heteroatoms. The molecule has 0 atom stereocenters. The van der Waals surface area contributed by atoms with Gasteiger partial charge >= 0.3 is 0 Å². The first kappa shape index (κ1) is 14.7. The molecular weight excluding hydrogens is 186 g/mol. The molecule has 0 bridgehead atoms. The maximum atomic E-state index is 5.17. The highest BCUT2D eigenvalue weighted by molar-refractivity contribution is 4.80. The zero-order valence-corrected chi connectivity index (χ0v) is 10.7. The summed E-state index contributed by atoms with van der Waals surface area (Å²) in [7, 11) is 0. The van der Waals surface area contributed by atoms with Gasteiger partial charge in [-0.05, 0) is 31.8 Å². The lowest BCUT2D eigenvalue weighted by atomic mass is 9.97. The molecule has 0 aromatic carbocycles. The molecule has 0 spiro atoms. The smallest absolute Gasteiger partial charge is 0.0645 e. The average molecular weight is 213 g/mol. The SMILES string of the molecule is C=C.CC.CC1CCN(C2COC2)CC1. The lowest BCUT2D eigenvalue weighted by Gasteiger charge is -2.40. The number of piperidine rings is 1. The molecule has 0 aromatic rings. The normalized spacial score (nSPS) is 22.9. The molecule has 2 heterocycles. The average Bonchev–Trinajstić information content (AvgIpc) is 2.25. The Bertz CT molecular complexity index is 137. The van der Waals surface area contributed by atoms with E-state index in [4.69, 9.17) is 4.74 Å². The van der Waals surface area contributed by atoms with Crippen LogP contribution in [0.15, 0.2) is 13.2 Å². The van der Waals surface area contributed by atoms with Crippen molar-refractivity contribution in [3.63, 3.8) is 0 Å².